The molecule has 0 unspecified atom stereocenters. The Morgan fingerprint density at radius 1 is 0.707 bits per heavy atom. The number of rotatable bonds is 6. The van der Waals surface area contributed by atoms with Gasteiger partial charge in [0, 0.05) is 30.7 Å². The molecular weight excluding hydrogens is 581 g/mol. The maximum atomic E-state index is 14.2. The molecule has 0 bridgehead atoms. The predicted octanol–water partition coefficient (Wildman–Crippen LogP) is 9.85. The molecule has 0 saturated carbocycles. The van der Waals surface area contributed by atoms with E-state index in [0.29, 0.717) is 22.3 Å². The third-order valence-electron chi connectivity index (χ3n) is 6.85. The van der Waals surface area contributed by atoms with Crippen LogP contribution in [0.25, 0.3) is 23.7 Å². The molecule has 0 spiro atoms. The van der Waals surface area contributed by atoms with Crippen LogP contribution in [0.4, 0.5) is 8.78 Å². The lowest BCUT2D eigenvalue weighted by Crippen LogP contribution is -1.99. The van der Waals surface area contributed by atoms with E-state index in [9.17, 15) is 18.2 Å². The lowest BCUT2D eigenvalue weighted by atomic mass is 10.1. The van der Waals surface area contributed by atoms with Crippen LogP contribution in [0.1, 0.15) is 47.2 Å². The predicted molar refractivity (Wildman–Crippen MR) is 160 cm³/mol. The van der Waals surface area contributed by atoms with Crippen LogP contribution < -0.4 is 0 Å². The topological polar surface area (TPSA) is 55.8 Å². The summed E-state index contributed by atoms with van der Waals surface area (Å²) in [5.41, 5.74) is 4.31. The number of halogens is 2. The second-order valence-corrected chi connectivity index (χ2v) is 12.9. The highest BCUT2D eigenvalue weighted by Gasteiger charge is 2.33. The largest absolute Gasteiger partial charge is 0.584 e. The fraction of sp³-hybridized carbons (Fsp3) is 0.125. The van der Waals surface area contributed by atoms with Crippen molar-refractivity contribution in [1.29, 1.82) is 0 Å². The molecule has 0 aliphatic carbocycles. The lowest BCUT2D eigenvalue weighted by Gasteiger charge is -2.20. The molecule has 1 N–H and O–H groups in total. The Labute approximate surface area is 245 Å². The summed E-state index contributed by atoms with van der Waals surface area (Å²) in [4.78, 5) is 14.5. The van der Waals surface area contributed by atoms with E-state index in [2.05, 4.69) is 0 Å². The molecule has 2 heterocycles. The number of phosphoric ester groups is 1. The molecule has 0 saturated heterocycles. The van der Waals surface area contributed by atoms with Crippen molar-refractivity contribution in [2.45, 2.75) is 46.3 Å². The zero-order valence-electron chi connectivity index (χ0n) is 22.2. The summed E-state index contributed by atoms with van der Waals surface area (Å²) in [7, 11) is -4.82. The van der Waals surface area contributed by atoms with Crippen LogP contribution in [0.5, 0.6) is 0 Å². The van der Waals surface area contributed by atoms with Gasteiger partial charge in [0.1, 0.15) is 23.2 Å². The van der Waals surface area contributed by atoms with Gasteiger partial charge in [-0.15, -0.1) is 0 Å². The summed E-state index contributed by atoms with van der Waals surface area (Å²) in [5, 5.41) is 0. The number of hydrogen-bond donors (Lipinski definition) is 1. The van der Waals surface area contributed by atoms with Gasteiger partial charge in [-0.1, -0.05) is 73.8 Å². The standard InChI is InChI=1S/C32H25F2O4PS2/c1-3-19-7-5-9-25-27(17-21-15-23(33)11-13-29(21)40-31(19)25)37-39(35,36)38-28-18-22-16-24(34)12-14-30(22)41-32-20(4-2)8-6-10-26(28)32/h5-18H,3-4H2,1-2H3,(H,35,36). The summed E-state index contributed by atoms with van der Waals surface area (Å²) in [6, 6.07) is 20.2. The molecule has 41 heavy (non-hydrogen) atoms. The van der Waals surface area contributed by atoms with Crippen LogP contribution in [0.3, 0.4) is 0 Å². The normalized spacial score (nSPS) is 13.9. The van der Waals surface area contributed by atoms with Crippen molar-refractivity contribution in [2.75, 3.05) is 0 Å². The highest BCUT2D eigenvalue weighted by Crippen LogP contribution is 2.56. The minimum absolute atomic E-state index is 0.0931. The van der Waals surface area contributed by atoms with E-state index in [1.165, 1.54) is 47.8 Å². The third-order valence-corrected chi connectivity index (χ3v) is 10.3. The molecule has 208 valence electrons. The molecule has 0 radical (unpaired) electrons. The van der Waals surface area contributed by atoms with Gasteiger partial charge in [0.15, 0.2) is 0 Å². The highest BCUT2D eigenvalue weighted by atomic mass is 32.2. The summed E-state index contributed by atoms with van der Waals surface area (Å²) in [5.74, 6) is -0.674. The van der Waals surface area contributed by atoms with Crippen LogP contribution in [0.2, 0.25) is 0 Å². The van der Waals surface area contributed by atoms with E-state index >= 15 is 0 Å². The van der Waals surface area contributed by atoms with Crippen LogP contribution in [-0.4, -0.2) is 4.89 Å². The second-order valence-electron chi connectivity index (χ2n) is 9.53. The SMILES string of the molecule is CCc1cccc2c1Sc1ccc(F)cc1C=C2OP(=O)(O)OC1=Cc2cc(F)ccc2Sc2c(CC)cccc21. The molecule has 0 aromatic heterocycles. The van der Waals surface area contributed by atoms with Crippen LogP contribution in [0.15, 0.2) is 92.4 Å². The zero-order chi connectivity index (χ0) is 28.7. The van der Waals surface area contributed by atoms with Crippen LogP contribution in [0, 0.1) is 11.6 Å². The van der Waals surface area contributed by atoms with Crippen molar-refractivity contribution >= 4 is 55.0 Å². The quantitative estimate of drug-likeness (QED) is 0.221. The fourth-order valence-corrected chi connectivity index (χ4v) is 8.15. The smallest absolute Gasteiger partial charge is 0.394 e. The first-order valence-electron chi connectivity index (χ1n) is 13.1. The van der Waals surface area contributed by atoms with E-state index in [1.54, 1.807) is 36.4 Å². The second kappa shape index (κ2) is 11.2. The Morgan fingerprint density at radius 3 is 1.56 bits per heavy atom. The lowest BCUT2D eigenvalue weighted by molar-refractivity contribution is 0.264. The van der Waals surface area contributed by atoms with E-state index in [1.807, 2.05) is 38.1 Å². The van der Waals surface area contributed by atoms with E-state index in [0.717, 1.165) is 43.6 Å². The number of fused-ring (bicyclic) bond motifs is 4. The van der Waals surface area contributed by atoms with Gasteiger partial charge in [0.25, 0.3) is 0 Å². The van der Waals surface area contributed by atoms with Gasteiger partial charge in [-0.25, -0.2) is 13.3 Å². The summed E-state index contributed by atoms with van der Waals surface area (Å²) < 4.78 is 53.8. The first-order chi connectivity index (χ1) is 19.7. The number of aryl methyl sites for hydroxylation is 2. The number of hydrogen-bond acceptors (Lipinski definition) is 5. The van der Waals surface area contributed by atoms with Crippen molar-refractivity contribution in [2.24, 2.45) is 0 Å². The molecule has 4 aromatic carbocycles. The van der Waals surface area contributed by atoms with E-state index in [-0.39, 0.29) is 11.5 Å². The third kappa shape index (κ3) is 5.62. The van der Waals surface area contributed by atoms with Gasteiger partial charge in [-0.3, -0.25) is 4.89 Å². The average Bonchev–Trinajstić information content (AvgIpc) is 3.19. The monoisotopic (exact) mass is 606 g/mol. The minimum Gasteiger partial charge on any atom is -0.394 e. The molecule has 2 aliphatic rings. The average molecular weight is 607 g/mol. The van der Waals surface area contributed by atoms with E-state index in [4.69, 9.17) is 9.05 Å². The fourth-order valence-electron chi connectivity index (χ4n) is 4.88. The summed E-state index contributed by atoms with van der Waals surface area (Å²) in [6.45, 7) is 4.05. The maximum Gasteiger partial charge on any atom is 0.584 e. The molecule has 4 aromatic rings. The van der Waals surface area contributed by atoms with E-state index < -0.39 is 19.5 Å². The number of phosphoric acid groups is 1. The van der Waals surface area contributed by atoms with Gasteiger partial charge in [0.05, 0.1) is 0 Å². The Hall–Kier alpha value is -3.29. The molecule has 2 aliphatic heterocycles. The molecular formula is C32H25F2O4PS2. The first-order valence-corrected chi connectivity index (χ1v) is 16.2. The Morgan fingerprint density at radius 2 is 1.15 bits per heavy atom. The van der Waals surface area contributed by atoms with Gasteiger partial charge in [0.2, 0.25) is 0 Å². The molecule has 4 nitrogen and oxygen atoms in total. The van der Waals surface area contributed by atoms with Gasteiger partial charge in [-0.05, 0) is 83.6 Å². The van der Waals surface area contributed by atoms with Crippen LogP contribution in [-0.2, 0) is 26.5 Å². The number of benzene rings is 4. The Kier molecular flexibility index (Phi) is 7.60. The first kappa shape index (κ1) is 27.9. The van der Waals surface area contributed by atoms with Crippen LogP contribution >= 0.6 is 31.3 Å². The molecule has 6 rings (SSSR count). The van der Waals surface area contributed by atoms with Gasteiger partial charge < -0.3 is 9.05 Å². The molecule has 0 fully saturated rings. The Balaban J connectivity index is 1.44. The minimum atomic E-state index is -4.82. The molecule has 9 heteroatoms. The van der Waals surface area contributed by atoms with Gasteiger partial charge >= 0.3 is 7.82 Å². The molecule has 0 amide bonds. The van der Waals surface area contributed by atoms with Crippen molar-refractivity contribution in [3.05, 3.63) is 118 Å². The van der Waals surface area contributed by atoms with Crippen molar-refractivity contribution in [3.8, 4) is 0 Å². The van der Waals surface area contributed by atoms with Crippen molar-refractivity contribution in [1.82, 2.24) is 0 Å². The summed E-state index contributed by atoms with van der Waals surface area (Å²) >= 11 is 2.92. The Bertz CT molecular complexity index is 1670. The molecule has 0 atom stereocenters. The van der Waals surface area contributed by atoms with Crippen molar-refractivity contribution in [3.63, 3.8) is 0 Å². The van der Waals surface area contributed by atoms with Crippen molar-refractivity contribution < 1.29 is 27.3 Å². The summed E-state index contributed by atoms with van der Waals surface area (Å²) in [6.07, 6.45) is 4.58. The van der Waals surface area contributed by atoms with Gasteiger partial charge in [-0.2, -0.15) is 0 Å². The maximum absolute atomic E-state index is 14.2. The highest BCUT2D eigenvalue weighted by molar-refractivity contribution is 7.99. The zero-order valence-corrected chi connectivity index (χ0v) is 24.7.